The van der Waals surface area contributed by atoms with Crippen LogP contribution in [0.2, 0.25) is 0 Å². The highest BCUT2D eigenvalue weighted by molar-refractivity contribution is 5.74. The van der Waals surface area contributed by atoms with E-state index in [1.54, 1.807) is 0 Å². The molecule has 0 amide bonds. The van der Waals surface area contributed by atoms with Crippen LogP contribution in [0.3, 0.4) is 0 Å². The first-order valence-electron chi connectivity index (χ1n) is 4.96. The number of nitrogens with two attached hydrogens (primary N) is 1. The summed E-state index contributed by atoms with van der Waals surface area (Å²) in [5, 5.41) is 9.67. The minimum absolute atomic E-state index is 0.00514. The van der Waals surface area contributed by atoms with Gasteiger partial charge in [0.05, 0.1) is 6.61 Å². The maximum Gasteiger partial charge on any atom is 0.185 e. The molecule has 1 rings (SSSR count). The Labute approximate surface area is 89.9 Å². The molecule has 0 aromatic heterocycles. The van der Waals surface area contributed by atoms with Gasteiger partial charge in [-0.2, -0.15) is 0 Å². The van der Waals surface area contributed by atoms with Gasteiger partial charge in [-0.15, -0.1) is 0 Å². The Morgan fingerprint density at radius 2 is 2.33 bits per heavy atom. The minimum Gasteiger partial charge on any atom is -0.494 e. The number of rotatable bonds is 5. The van der Waals surface area contributed by atoms with Gasteiger partial charge in [-0.1, -0.05) is 12.1 Å². The van der Waals surface area contributed by atoms with Crippen molar-refractivity contribution in [2.24, 2.45) is 5.73 Å². The third kappa shape index (κ3) is 4.90. The Kier molecular flexibility index (Phi) is 4.47. The van der Waals surface area contributed by atoms with E-state index in [-0.39, 0.29) is 5.96 Å². The van der Waals surface area contributed by atoms with Crippen LogP contribution in [0, 0.1) is 12.3 Å². The maximum atomic E-state index is 6.95. The molecule has 0 saturated carbocycles. The minimum atomic E-state index is 0.00514. The number of nitrogens with one attached hydrogen (secondary N) is 2. The van der Waals surface area contributed by atoms with Crippen molar-refractivity contribution in [2.45, 2.75) is 13.3 Å². The average Bonchev–Trinajstić information content (AvgIpc) is 2.17. The van der Waals surface area contributed by atoms with Crippen LogP contribution in [0.5, 0.6) is 5.75 Å². The number of guanidine groups is 1. The summed E-state index contributed by atoms with van der Waals surface area (Å²) in [5.74, 6) is 0.892. The first-order valence-corrected chi connectivity index (χ1v) is 4.96. The molecule has 0 heterocycles. The average molecular weight is 207 g/mol. The van der Waals surface area contributed by atoms with Crippen LogP contribution in [0.25, 0.3) is 0 Å². The number of hydrogen-bond donors (Lipinski definition) is 3. The van der Waals surface area contributed by atoms with E-state index in [1.807, 2.05) is 31.2 Å². The molecule has 0 saturated heterocycles. The van der Waals surface area contributed by atoms with Gasteiger partial charge in [0.15, 0.2) is 5.96 Å². The van der Waals surface area contributed by atoms with Crippen molar-refractivity contribution in [2.75, 3.05) is 13.2 Å². The van der Waals surface area contributed by atoms with Crippen LogP contribution in [0.15, 0.2) is 24.3 Å². The first-order chi connectivity index (χ1) is 7.18. The molecule has 1 aromatic carbocycles. The van der Waals surface area contributed by atoms with E-state index < -0.39 is 0 Å². The molecule has 0 unspecified atom stereocenters. The maximum absolute atomic E-state index is 6.95. The molecule has 0 radical (unpaired) electrons. The van der Waals surface area contributed by atoms with E-state index in [0.29, 0.717) is 13.2 Å². The number of hydrogen-bond acceptors (Lipinski definition) is 2. The second-order valence-corrected chi connectivity index (χ2v) is 3.36. The highest BCUT2D eigenvalue weighted by Gasteiger charge is 1.94. The molecule has 0 atom stereocenters. The van der Waals surface area contributed by atoms with Crippen LogP contribution >= 0.6 is 0 Å². The summed E-state index contributed by atoms with van der Waals surface area (Å²) in [6.45, 7) is 3.33. The van der Waals surface area contributed by atoms with Gasteiger partial charge in [-0.3, -0.25) is 5.41 Å². The summed E-state index contributed by atoms with van der Waals surface area (Å²) in [6, 6.07) is 7.94. The van der Waals surface area contributed by atoms with E-state index >= 15 is 0 Å². The molecule has 4 N–H and O–H groups in total. The zero-order chi connectivity index (χ0) is 11.1. The lowest BCUT2D eigenvalue weighted by Crippen LogP contribution is -2.31. The Bertz CT molecular complexity index is 325. The highest BCUT2D eigenvalue weighted by atomic mass is 16.5. The second-order valence-electron chi connectivity index (χ2n) is 3.36. The molecule has 0 spiro atoms. The fraction of sp³-hybridized carbons (Fsp3) is 0.364. The number of benzene rings is 1. The van der Waals surface area contributed by atoms with Gasteiger partial charge in [0.1, 0.15) is 5.75 Å². The Hall–Kier alpha value is -1.71. The van der Waals surface area contributed by atoms with Crippen molar-refractivity contribution in [1.82, 2.24) is 5.32 Å². The molecule has 1 aromatic rings. The monoisotopic (exact) mass is 207 g/mol. The third-order valence-electron chi connectivity index (χ3n) is 1.89. The second kappa shape index (κ2) is 5.90. The van der Waals surface area contributed by atoms with Crippen molar-refractivity contribution in [3.05, 3.63) is 29.8 Å². The van der Waals surface area contributed by atoms with Crippen molar-refractivity contribution in [3.8, 4) is 5.75 Å². The lowest BCUT2D eigenvalue weighted by Gasteiger charge is -2.07. The number of ether oxygens (including phenoxy) is 1. The van der Waals surface area contributed by atoms with Gasteiger partial charge in [0.2, 0.25) is 0 Å². The van der Waals surface area contributed by atoms with E-state index in [1.165, 1.54) is 5.56 Å². The molecule has 4 heteroatoms. The van der Waals surface area contributed by atoms with Gasteiger partial charge in [0, 0.05) is 6.54 Å². The molecule has 0 aliphatic heterocycles. The van der Waals surface area contributed by atoms with Crippen LogP contribution < -0.4 is 15.8 Å². The van der Waals surface area contributed by atoms with Crippen LogP contribution in [0.4, 0.5) is 0 Å². The molecular weight excluding hydrogens is 190 g/mol. The summed E-state index contributed by atoms with van der Waals surface area (Å²) in [7, 11) is 0. The van der Waals surface area contributed by atoms with Crippen LogP contribution in [-0.4, -0.2) is 19.1 Å². The fourth-order valence-corrected chi connectivity index (χ4v) is 1.19. The van der Waals surface area contributed by atoms with Crippen molar-refractivity contribution in [3.63, 3.8) is 0 Å². The highest BCUT2D eigenvalue weighted by Crippen LogP contribution is 2.12. The van der Waals surface area contributed by atoms with Gasteiger partial charge in [-0.05, 0) is 31.0 Å². The van der Waals surface area contributed by atoms with E-state index in [9.17, 15) is 0 Å². The summed E-state index contributed by atoms with van der Waals surface area (Å²) in [4.78, 5) is 0. The predicted molar refractivity (Wildman–Crippen MR) is 61.2 cm³/mol. The third-order valence-corrected chi connectivity index (χ3v) is 1.89. The quantitative estimate of drug-likeness (QED) is 0.386. The topological polar surface area (TPSA) is 71.1 Å². The number of aryl methyl sites for hydroxylation is 1. The smallest absolute Gasteiger partial charge is 0.185 e. The molecule has 0 aliphatic rings. The standard InChI is InChI=1S/C11H17N3O/c1-9-4-2-5-10(8-9)15-7-3-6-14-11(12)13/h2,4-5,8H,3,6-7H2,1H3,(H4,12,13,14). The molecular formula is C11H17N3O. The van der Waals surface area contributed by atoms with E-state index in [4.69, 9.17) is 15.9 Å². The summed E-state index contributed by atoms with van der Waals surface area (Å²) < 4.78 is 5.52. The van der Waals surface area contributed by atoms with Crippen LogP contribution in [0.1, 0.15) is 12.0 Å². The summed E-state index contributed by atoms with van der Waals surface area (Å²) in [5.41, 5.74) is 6.33. The van der Waals surface area contributed by atoms with Gasteiger partial charge in [0.25, 0.3) is 0 Å². The van der Waals surface area contributed by atoms with Crippen molar-refractivity contribution in [1.29, 1.82) is 5.41 Å². The zero-order valence-electron chi connectivity index (χ0n) is 8.92. The molecule has 0 fully saturated rings. The van der Waals surface area contributed by atoms with Crippen molar-refractivity contribution < 1.29 is 4.74 Å². The largest absolute Gasteiger partial charge is 0.494 e. The lowest BCUT2D eigenvalue weighted by molar-refractivity contribution is 0.311. The Balaban J connectivity index is 2.17. The SMILES string of the molecule is Cc1cccc(OCCCNC(=N)N)c1. The molecule has 0 aliphatic carbocycles. The lowest BCUT2D eigenvalue weighted by atomic mass is 10.2. The summed E-state index contributed by atoms with van der Waals surface area (Å²) >= 11 is 0. The Morgan fingerprint density at radius 3 is 3.00 bits per heavy atom. The Morgan fingerprint density at radius 1 is 1.53 bits per heavy atom. The molecule has 15 heavy (non-hydrogen) atoms. The van der Waals surface area contributed by atoms with Gasteiger partial charge >= 0.3 is 0 Å². The molecule has 4 nitrogen and oxygen atoms in total. The van der Waals surface area contributed by atoms with E-state index in [0.717, 1.165) is 12.2 Å². The molecule has 82 valence electrons. The summed E-state index contributed by atoms with van der Waals surface area (Å²) in [6.07, 6.45) is 0.827. The first kappa shape index (κ1) is 11.4. The van der Waals surface area contributed by atoms with E-state index in [2.05, 4.69) is 5.32 Å². The van der Waals surface area contributed by atoms with Crippen LogP contribution in [-0.2, 0) is 0 Å². The van der Waals surface area contributed by atoms with Gasteiger partial charge in [-0.25, -0.2) is 0 Å². The molecule has 0 bridgehead atoms. The normalized spacial score (nSPS) is 9.67. The zero-order valence-corrected chi connectivity index (χ0v) is 8.92. The van der Waals surface area contributed by atoms with Gasteiger partial charge < -0.3 is 15.8 Å². The predicted octanol–water partition coefficient (Wildman–Crippen LogP) is 1.25. The van der Waals surface area contributed by atoms with Crippen molar-refractivity contribution >= 4 is 5.96 Å². The fourth-order valence-electron chi connectivity index (χ4n) is 1.19.